The van der Waals surface area contributed by atoms with Crippen molar-refractivity contribution in [3.63, 3.8) is 0 Å². The number of allylic oxidation sites excluding steroid dienone is 1. The highest BCUT2D eigenvalue weighted by atomic mass is 127. The highest BCUT2D eigenvalue weighted by Crippen LogP contribution is 2.68. The highest BCUT2D eigenvalue weighted by Gasteiger charge is 2.66. The lowest BCUT2D eigenvalue weighted by Gasteiger charge is -2.58. The normalized spacial score (nSPS) is 37.1. The number of halogens is 2. The number of rotatable bonds is 2. The Morgan fingerprint density at radius 1 is 1.20 bits per heavy atom. The zero-order valence-corrected chi connectivity index (χ0v) is 27.8. The quantitative estimate of drug-likeness (QED) is 0.221. The lowest BCUT2D eigenvalue weighted by Crippen LogP contribution is -3.00. The number of hydrogen-bond acceptors (Lipinski definition) is 5. The summed E-state index contributed by atoms with van der Waals surface area (Å²) < 4.78 is 10.0. The molecule has 0 bridgehead atoms. The number of esters is 1. The summed E-state index contributed by atoms with van der Waals surface area (Å²) in [7, 11) is 0. The molecule has 0 radical (unpaired) electrons. The number of nitrogens with two attached hydrogens (primary N) is 1. The van der Waals surface area contributed by atoms with Crippen molar-refractivity contribution in [1.82, 2.24) is 5.16 Å². The maximum atomic E-state index is 13.0. The van der Waals surface area contributed by atoms with E-state index in [0.717, 1.165) is 63.7 Å². The molecule has 214 valence electrons. The maximum absolute atomic E-state index is 13.0. The number of fused-ring (bicyclic) bond motifs is 6. The van der Waals surface area contributed by atoms with Crippen molar-refractivity contribution in [2.45, 2.75) is 83.3 Å². The zero-order valence-electron chi connectivity index (χ0n) is 23.1. The molecule has 0 spiro atoms. The van der Waals surface area contributed by atoms with Crippen LogP contribution in [-0.2, 0) is 27.8 Å². The molecule has 5 nitrogen and oxygen atoms in total. The van der Waals surface area contributed by atoms with Crippen molar-refractivity contribution >= 4 is 49.6 Å². The van der Waals surface area contributed by atoms with Gasteiger partial charge in [0.15, 0.2) is 17.4 Å². The van der Waals surface area contributed by atoms with Gasteiger partial charge in [0.2, 0.25) is 0 Å². The second kappa shape index (κ2) is 11.8. The van der Waals surface area contributed by atoms with Crippen LogP contribution in [0.4, 0.5) is 0 Å². The fourth-order valence-electron chi connectivity index (χ4n) is 8.59. The largest absolute Gasteiger partial charge is 1.00 e. The van der Waals surface area contributed by atoms with Crippen LogP contribution >= 0.6 is 25.7 Å². The third-order valence-electron chi connectivity index (χ3n) is 10.7. The Labute approximate surface area is 263 Å². The van der Waals surface area contributed by atoms with Crippen molar-refractivity contribution < 1.29 is 31.8 Å². The van der Waals surface area contributed by atoms with E-state index in [2.05, 4.69) is 47.6 Å². The van der Waals surface area contributed by atoms with Gasteiger partial charge >= 0.3 is 5.97 Å². The molecule has 2 heterocycles. The number of quaternary nitrogens is 1. The lowest BCUT2D eigenvalue weighted by atomic mass is 9.46. The maximum Gasteiger partial charge on any atom is 0.366 e. The van der Waals surface area contributed by atoms with Gasteiger partial charge in [-0.2, -0.15) is 0 Å². The van der Waals surface area contributed by atoms with Crippen LogP contribution in [0.1, 0.15) is 76.5 Å². The number of aromatic nitrogens is 1. The van der Waals surface area contributed by atoms with Gasteiger partial charge < -0.3 is 27.0 Å². The van der Waals surface area contributed by atoms with Crippen molar-refractivity contribution in [3.05, 3.63) is 23.1 Å². The summed E-state index contributed by atoms with van der Waals surface area (Å²) in [6.07, 6.45) is 29.7. The van der Waals surface area contributed by atoms with Crippen molar-refractivity contribution in [3.8, 4) is 36.5 Å². The van der Waals surface area contributed by atoms with Crippen LogP contribution in [0.5, 0.6) is 0 Å². The van der Waals surface area contributed by atoms with E-state index in [9.17, 15) is 4.79 Å². The predicted octanol–water partition coefficient (Wildman–Crippen LogP) is 2.50. The molecule has 5 aliphatic rings. The minimum absolute atomic E-state index is 0. The van der Waals surface area contributed by atoms with Gasteiger partial charge in [0.05, 0.1) is 12.7 Å². The molecule has 0 aromatic carbocycles. The molecule has 0 unspecified atom stereocenters. The monoisotopic (exact) mass is 710 g/mol. The van der Waals surface area contributed by atoms with Crippen LogP contribution in [0.15, 0.2) is 16.3 Å². The van der Waals surface area contributed by atoms with Crippen LogP contribution < -0.4 is 17.7 Å². The molecule has 2 N–H and O–H groups in total. The molecular formula is C31H37ClIN2O3PS. The predicted molar refractivity (Wildman–Crippen MR) is 166 cm³/mol. The fourth-order valence-corrected chi connectivity index (χ4v) is 8.66. The Morgan fingerprint density at radius 3 is 2.55 bits per heavy atom. The van der Waals surface area contributed by atoms with Crippen LogP contribution in [0.3, 0.4) is 0 Å². The summed E-state index contributed by atoms with van der Waals surface area (Å²) in [6.45, 7) is 5.81. The molecule has 0 amide bonds. The van der Waals surface area contributed by atoms with Gasteiger partial charge in [-0.05, 0) is 108 Å². The van der Waals surface area contributed by atoms with Crippen LogP contribution in [0, 0.1) is 65.1 Å². The smallest absolute Gasteiger partial charge is 0.366 e. The van der Waals surface area contributed by atoms with E-state index in [1.54, 1.807) is 0 Å². The van der Waals surface area contributed by atoms with Gasteiger partial charge in [0.1, 0.15) is 3.68 Å². The molecule has 1 aliphatic heterocycles. The molecule has 4 fully saturated rings. The Bertz CT molecular complexity index is 1350. The Hall–Kier alpha value is -1.27. The van der Waals surface area contributed by atoms with Crippen molar-refractivity contribution in [2.75, 3.05) is 6.54 Å². The van der Waals surface area contributed by atoms with E-state index >= 15 is 0 Å². The Kier molecular flexibility index (Phi) is 9.33. The van der Waals surface area contributed by atoms with Gasteiger partial charge in [-0.15, -0.1) is 19.3 Å². The summed E-state index contributed by atoms with van der Waals surface area (Å²) in [5, 5.41) is 6.18. The zero-order chi connectivity index (χ0) is 28.1. The van der Waals surface area contributed by atoms with E-state index in [1.165, 1.54) is 17.6 Å². The Balaban J connectivity index is 0.000000413. The minimum Gasteiger partial charge on any atom is -1.00 e. The average Bonchev–Trinajstić information content (AvgIpc) is 3.67. The van der Waals surface area contributed by atoms with Crippen molar-refractivity contribution in [2.24, 2.45) is 28.6 Å². The summed E-state index contributed by atoms with van der Waals surface area (Å²) in [4.78, 5) is 13.0. The molecule has 40 heavy (non-hydrogen) atoms. The van der Waals surface area contributed by atoms with Gasteiger partial charge in [-0.3, -0.25) is 0 Å². The number of hydrogen-bond donors (Lipinski definition) is 1. The number of ether oxygens (including phenoxy) is 1. The van der Waals surface area contributed by atoms with Gasteiger partial charge in [-0.1, -0.05) is 42.3 Å². The van der Waals surface area contributed by atoms with E-state index in [0.29, 0.717) is 17.8 Å². The third-order valence-corrected chi connectivity index (χ3v) is 13.7. The molecule has 9 heteroatoms. The second-order valence-electron chi connectivity index (χ2n) is 12.3. The minimum atomic E-state index is -1.80. The first-order valence-corrected chi connectivity index (χ1v) is 19.6. The summed E-state index contributed by atoms with van der Waals surface area (Å²) >= 11 is 6.73. The van der Waals surface area contributed by atoms with Gasteiger partial charge in [0, 0.05) is 23.8 Å². The number of carbonyl (C=O) groups excluding carboxylic acids is 1. The van der Waals surface area contributed by atoms with Crippen LogP contribution in [-0.4, -0.2) is 29.3 Å². The van der Waals surface area contributed by atoms with E-state index in [4.69, 9.17) is 40.3 Å². The van der Waals surface area contributed by atoms with Gasteiger partial charge in [0.25, 0.3) is 0 Å². The van der Waals surface area contributed by atoms with Crippen molar-refractivity contribution in [1.29, 1.82) is 0 Å². The lowest BCUT2D eigenvalue weighted by molar-refractivity contribution is -0.659. The summed E-state index contributed by atoms with van der Waals surface area (Å²) in [5.41, 5.74) is 6.80. The molecule has 4 aliphatic carbocycles. The number of terminal acetylenes is 3. The SMILES string of the molecule is C#CP(=S)(I)C#C.C#C[C@]1(OC(=O)[C@@H]2CCC[NH2+]2)CC[C@H]2[C@@H]3CCC4=Cc5oncc5C[C@]4(C)[C@H]3CC[C@@]21C.[Cl-]. The van der Waals surface area contributed by atoms with E-state index in [1.807, 2.05) is 28.2 Å². The molecular weight excluding hydrogens is 674 g/mol. The Morgan fingerprint density at radius 2 is 1.93 bits per heavy atom. The standard InChI is InChI=1S/C27H34N2O3.C4H2IPS.ClH/c1-4-27(31-24(30)22-6-5-13-28-22)12-10-21-19-8-7-18-14-23-17(16-29-32-23)15-25(18,2)20(19)9-11-26(21,27)3;1-3-6(5,7)4-2;/h1,14,16,19-22,28H,5-13,15H2,2-3H3;1-2H;1H/t19-,20+,21+,22+,25+,26+,27+;;/m1../s1. The molecule has 6 rings (SSSR count). The first kappa shape index (κ1) is 31.7. The van der Waals surface area contributed by atoms with Crippen LogP contribution in [0.25, 0.3) is 6.08 Å². The summed E-state index contributed by atoms with van der Waals surface area (Å²) in [5.74, 6) is 5.70. The van der Waals surface area contributed by atoms with E-state index in [-0.39, 0.29) is 35.2 Å². The molecule has 1 aromatic rings. The molecule has 1 saturated heterocycles. The highest BCUT2D eigenvalue weighted by molar-refractivity contribution is 14.2. The first-order chi connectivity index (χ1) is 18.5. The first-order valence-electron chi connectivity index (χ1n) is 14.0. The number of nitrogens with zero attached hydrogens (tertiary/aromatic N) is 1. The van der Waals surface area contributed by atoms with E-state index < -0.39 is 9.28 Å². The second-order valence-corrected chi connectivity index (χ2v) is 21.9. The van der Waals surface area contributed by atoms with Crippen LogP contribution in [0.2, 0.25) is 0 Å². The topological polar surface area (TPSA) is 68.9 Å². The molecule has 7 atom stereocenters. The van der Waals surface area contributed by atoms with Gasteiger partial charge in [-0.25, -0.2) is 4.79 Å². The average molecular weight is 711 g/mol. The molecule has 1 aromatic heterocycles. The molecule has 3 saturated carbocycles. The summed E-state index contributed by atoms with van der Waals surface area (Å²) in [6, 6.07) is -0.0690. The number of carbonyl (C=O) groups is 1. The fraction of sp³-hybridized carbons (Fsp3) is 0.613. The third kappa shape index (κ3) is 5.23.